The van der Waals surface area contributed by atoms with Gasteiger partial charge in [0, 0.05) is 5.56 Å². The molecule has 0 aliphatic heterocycles. The summed E-state index contributed by atoms with van der Waals surface area (Å²) in [5.41, 5.74) is 3.40. The molecular weight excluding hydrogens is 382 g/mol. The maximum atomic E-state index is 12.8. The summed E-state index contributed by atoms with van der Waals surface area (Å²) >= 11 is 0. The maximum Gasteiger partial charge on any atom is 0.414 e. The predicted octanol–water partition coefficient (Wildman–Crippen LogP) is 5.05. The van der Waals surface area contributed by atoms with E-state index in [2.05, 4.69) is 33.8 Å². The number of carboxylic acid groups (broad SMARTS) is 2. The summed E-state index contributed by atoms with van der Waals surface area (Å²) in [5, 5.41) is 18.6. The third-order valence-corrected chi connectivity index (χ3v) is 6.11. The molecule has 2 N–H and O–H groups in total. The zero-order valence-corrected chi connectivity index (χ0v) is 17.7. The smallest absolute Gasteiger partial charge is 0.414 e. The molecule has 0 saturated carbocycles. The van der Waals surface area contributed by atoms with Crippen molar-refractivity contribution in [2.45, 2.75) is 57.9 Å². The lowest BCUT2D eigenvalue weighted by Crippen LogP contribution is -2.36. The van der Waals surface area contributed by atoms with E-state index in [1.165, 1.54) is 35.4 Å². The predicted molar refractivity (Wildman–Crippen MR) is 113 cm³/mol. The molecule has 2 aromatic rings. The van der Waals surface area contributed by atoms with Crippen LogP contribution in [0.25, 0.3) is 0 Å². The number of rotatable bonds is 4. The highest BCUT2D eigenvalue weighted by molar-refractivity contribution is 6.03. The van der Waals surface area contributed by atoms with Gasteiger partial charge in [0.2, 0.25) is 0 Å². The minimum atomic E-state index is -1.35. The van der Waals surface area contributed by atoms with Crippen molar-refractivity contribution < 1.29 is 24.6 Å². The summed E-state index contributed by atoms with van der Waals surface area (Å²) in [6, 6.07) is 11.2. The zero-order valence-electron chi connectivity index (χ0n) is 17.7. The second-order valence-corrected chi connectivity index (χ2v) is 9.20. The van der Waals surface area contributed by atoms with Crippen LogP contribution in [0.15, 0.2) is 42.5 Å². The third kappa shape index (κ3) is 4.08. The Labute approximate surface area is 176 Å². The first kappa shape index (κ1) is 21.6. The molecule has 1 aliphatic carbocycles. The molecule has 0 spiro atoms. The first-order chi connectivity index (χ1) is 13.9. The van der Waals surface area contributed by atoms with Gasteiger partial charge in [-0.1, -0.05) is 45.9 Å². The topological polar surface area (TPSA) is 94.9 Å². The molecule has 0 heterocycles. The number of imide groups is 1. The van der Waals surface area contributed by atoms with Gasteiger partial charge < -0.3 is 10.2 Å². The molecule has 0 radical (unpaired) electrons. The molecule has 0 saturated heterocycles. The summed E-state index contributed by atoms with van der Waals surface area (Å²) in [4.78, 5) is 36.4. The Bertz CT molecular complexity index is 1000. The van der Waals surface area contributed by atoms with Crippen LogP contribution in [0.1, 0.15) is 77.9 Å². The molecule has 0 fully saturated rings. The molecule has 0 unspecified atom stereocenters. The normalized spacial score (nSPS) is 16.4. The lowest BCUT2D eigenvalue weighted by atomic mass is 9.63. The number of amides is 2. The van der Waals surface area contributed by atoms with Gasteiger partial charge in [-0.3, -0.25) is 4.79 Å². The van der Waals surface area contributed by atoms with Crippen molar-refractivity contribution >= 4 is 18.0 Å². The van der Waals surface area contributed by atoms with E-state index < -0.39 is 18.0 Å². The van der Waals surface area contributed by atoms with Crippen LogP contribution in [-0.4, -0.2) is 33.1 Å². The van der Waals surface area contributed by atoms with Gasteiger partial charge in [-0.25, -0.2) is 14.5 Å². The molecule has 2 amide bonds. The van der Waals surface area contributed by atoms with Crippen LogP contribution in [0.5, 0.6) is 0 Å². The number of carbonyl (C=O) groups excluding carboxylic acids is 1. The van der Waals surface area contributed by atoms with Gasteiger partial charge in [0.05, 0.1) is 12.1 Å². The van der Waals surface area contributed by atoms with Crippen LogP contribution in [0, 0.1) is 0 Å². The Morgan fingerprint density at radius 2 is 1.37 bits per heavy atom. The van der Waals surface area contributed by atoms with Gasteiger partial charge in [-0.15, -0.1) is 0 Å². The van der Waals surface area contributed by atoms with Crippen LogP contribution in [0.3, 0.4) is 0 Å². The summed E-state index contributed by atoms with van der Waals surface area (Å²) in [5.74, 6) is -1.79. The highest BCUT2D eigenvalue weighted by Gasteiger charge is 2.37. The van der Waals surface area contributed by atoms with Crippen LogP contribution < -0.4 is 0 Å². The highest BCUT2D eigenvalue weighted by atomic mass is 16.4. The van der Waals surface area contributed by atoms with Gasteiger partial charge >= 0.3 is 12.1 Å². The molecule has 6 nitrogen and oxygen atoms in total. The average Bonchev–Trinajstić information content (AvgIpc) is 2.69. The van der Waals surface area contributed by atoms with E-state index in [9.17, 15) is 19.5 Å². The molecule has 158 valence electrons. The number of hydrogen-bond acceptors (Lipinski definition) is 3. The van der Waals surface area contributed by atoms with Crippen molar-refractivity contribution in [2.24, 2.45) is 0 Å². The molecule has 0 bridgehead atoms. The number of benzene rings is 2. The van der Waals surface area contributed by atoms with Gasteiger partial charge in [0.25, 0.3) is 5.91 Å². The minimum absolute atomic E-state index is 0.0222. The second-order valence-electron chi connectivity index (χ2n) is 9.20. The number of fused-ring (bicyclic) bond motifs is 1. The fourth-order valence-corrected chi connectivity index (χ4v) is 4.05. The molecule has 1 aliphatic rings. The van der Waals surface area contributed by atoms with Crippen LogP contribution in [-0.2, 0) is 17.4 Å². The lowest BCUT2D eigenvalue weighted by molar-refractivity contribution is 0.0690. The van der Waals surface area contributed by atoms with E-state index in [4.69, 9.17) is 5.11 Å². The summed E-state index contributed by atoms with van der Waals surface area (Å²) in [7, 11) is 0. The second kappa shape index (κ2) is 7.59. The van der Waals surface area contributed by atoms with Crippen LogP contribution >= 0.6 is 0 Å². The number of aromatic carboxylic acids is 1. The Kier molecular flexibility index (Phi) is 5.46. The Hall–Kier alpha value is -3.15. The number of hydrogen-bond donors (Lipinski definition) is 2. The van der Waals surface area contributed by atoms with Crippen molar-refractivity contribution in [3.05, 3.63) is 70.3 Å². The Balaban J connectivity index is 1.91. The van der Waals surface area contributed by atoms with Gasteiger partial charge in [0.15, 0.2) is 0 Å². The van der Waals surface area contributed by atoms with Crippen LogP contribution in [0.4, 0.5) is 4.79 Å². The van der Waals surface area contributed by atoms with Crippen molar-refractivity contribution in [3.63, 3.8) is 0 Å². The van der Waals surface area contributed by atoms with Gasteiger partial charge in [-0.05, 0) is 64.6 Å². The van der Waals surface area contributed by atoms with Crippen molar-refractivity contribution in [1.82, 2.24) is 4.90 Å². The lowest BCUT2D eigenvalue weighted by Gasteiger charge is -2.42. The minimum Gasteiger partial charge on any atom is -0.478 e. The van der Waals surface area contributed by atoms with E-state index in [1.54, 1.807) is 0 Å². The molecule has 0 atom stereocenters. The highest BCUT2D eigenvalue weighted by Crippen LogP contribution is 2.45. The molecule has 2 aromatic carbocycles. The number of carboxylic acids is 1. The molecular formula is C24H27NO5. The number of carbonyl (C=O) groups is 3. The van der Waals surface area contributed by atoms with E-state index in [0.717, 1.165) is 23.3 Å². The van der Waals surface area contributed by atoms with Gasteiger partial charge in [0.1, 0.15) is 0 Å². The van der Waals surface area contributed by atoms with E-state index in [1.807, 2.05) is 12.1 Å². The monoisotopic (exact) mass is 409 g/mol. The summed E-state index contributed by atoms with van der Waals surface area (Å²) in [6.45, 7) is 8.74. The standard InChI is InChI=1S/C24H27NO5/c1-23(2)11-12-24(3,4)19-13-15(5-10-18(19)23)14-25(22(29)30)20(26)16-6-8-17(9-7-16)21(27)28/h5-10,13H,11-12,14H2,1-4H3,(H,27,28)(H,29,30). The summed E-state index contributed by atoms with van der Waals surface area (Å²) in [6.07, 6.45) is 0.770. The van der Waals surface area contributed by atoms with Gasteiger partial charge in [-0.2, -0.15) is 0 Å². The maximum absolute atomic E-state index is 12.8. The Morgan fingerprint density at radius 1 is 0.833 bits per heavy atom. The molecule has 0 aromatic heterocycles. The first-order valence-electron chi connectivity index (χ1n) is 9.94. The fraction of sp³-hybridized carbons (Fsp3) is 0.375. The van der Waals surface area contributed by atoms with Crippen molar-refractivity contribution in [2.75, 3.05) is 0 Å². The van der Waals surface area contributed by atoms with Crippen molar-refractivity contribution in [3.8, 4) is 0 Å². The first-order valence-corrected chi connectivity index (χ1v) is 9.94. The van der Waals surface area contributed by atoms with Crippen molar-refractivity contribution in [1.29, 1.82) is 0 Å². The summed E-state index contributed by atoms with van der Waals surface area (Å²) < 4.78 is 0. The third-order valence-electron chi connectivity index (χ3n) is 6.11. The quantitative estimate of drug-likeness (QED) is 0.736. The Morgan fingerprint density at radius 3 is 1.90 bits per heavy atom. The fourth-order valence-electron chi connectivity index (χ4n) is 4.05. The zero-order chi connectivity index (χ0) is 22.3. The molecule has 30 heavy (non-hydrogen) atoms. The number of nitrogens with zero attached hydrogens (tertiary/aromatic N) is 1. The molecule has 6 heteroatoms. The SMILES string of the molecule is CC1(C)CCC(C)(C)c2cc(CN(C(=O)O)C(=O)c3ccc(C(=O)O)cc3)ccc21. The van der Waals surface area contributed by atoms with E-state index in [0.29, 0.717) is 0 Å². The molecule has 3 rings (SSSR count). The van der Waals surface area contributed by atoms with E-state index >= 15 is 0 Å². The average molecular weight is 409 g/mol. The van der Waals surface area contributed by atoms with Crippen LogP contribution in [0.2, 0.25) is 0 Å². The van der Waals surface area contributed by atoms with E-state index in [-0.39, 0.29) is 28.5 Å². The largest absolute Gasteiger partial charge is 0.478 e.